The Morgan fingerprint density at radius 1 is 1.32 bits per heavy atom. The van der Waals surface area contributed by atoms with Crippen molar-refractivity contribution in [3.05, 3.63) is 62.9 Å². The molecule has 0 atom stereocenters. The fourth-order valence-corrected chi connectivity index (χ4v) is 1.87. The van der Waals surface area contributed by atoms with E-state index in [1.807, 2.05) is 0 Å². The molecule has 0 saturated carbocycles. The van der Waals surface area contributed by atoms with Crippen LogP contribution in [0.3, 0.4) is 0 Å². The Morgan fingerprint density at radius 2 is 2.00 bits per heavy atom. The zero-order valence-corrected chi connectivity index (χ0v) is 12.3. The Hall–Kier alpha value is -2.69. The monoisotopic (exact) mass is 318 g/mol. The number of hydrogen-bond donors (Lipinski definition) is 0. The molecule has 1 heterocycles. The molecule has 0 spiro atoms. The molecular weight excluding hydrogens is 308 g/mol. The summed E-state index contributed by atoms with van der Waals surface area (Å²) in [6.45, 7) is 1.70. The lowest BCUT2D eigenvalue weighted by atomic mass is 10.1. The molecule has 2 rings (SSSR count). The molecule has 1 aromatic heterocycles. The first-order chi connectivity index (χ1) is 10.5. The lowest BCUT2D eigenvalue weighted by molar-refractivity contribution is -0.139. The second-order valence-electron chi connectivity index (χ2n) is 4.20. The number of halogens is 1. The molecule has 0 unspecified atom stereocenters. The number of benzene rings is 1. The first-order valence-electron chi connectivity index (χ1n) is 6.36. The maximum Gasteiger partial charge on any atom is 0.441 e. The summed E-state index contributed by atoms with van der Waals surface area (Å²) < 4.78 is 10.2. The molecule has 0 fully saturated rings. The molecule has 112 valence electrons. The van der Waals surface area contributed by atoms with Gasteiger partial charge in [-0.2, -0.15) is 4.79 Å². The largest absolute Gasteiger partial charge is 0.457 e. The maximum atomic E-state index is 11.8. The lowest BCUT2D eigenvalue weighted by Gasteiger charge is -2.02. The van der Waals surface area contributed by atoms with E-state index in [2.05, 4.69) is 4.79 Å². The molecule has 0 saturated heterocycles. The zero-order chi connectivity index (χ0) is 16.1. The summed E-state index contributed by atoms with van der Waals surface area (Å²) in [5.41, 5.74) is 8.68. The molecule has 0 radical (unpaired) electrons. The van der Waals surface area contributed by atoms with Gasteiger partial charge in [-0.25, -0.2) is 4.79 Å². The number of esters is 1. The summed E-state index contributed by atoms with van der Waals surface area (Å²) >= 11 is 5.81. The minimum atomic E-state index is -0.888. The molecule has 0 amide bonds. The van der Waals surface area contributed by atoms with Crippen LogP contribution in [-0.2, 0) is 9.53 Å². The van der Waals surface area contributed by atoms with E-state index in [-0.39, 0.29) is 18.1 Å². The van der Waals surface area contributed by atoms with Gasteiger partial charge in [0.2, 0.25) is 5.76 Å². The van der Waals surface area contributed by atoms with Gasteiger partial charge < -0.3 is 14.7 Å². The predicted molar refractivity (Wildman–Crippen MR) is 79.8 cm³/mol. The van der Waals surface area contributed by atoms with Gasteiger partial charge in [0, 0.05) is 22.7 Å². The van der Waals surface area contributed by atoms with Crippen molar-refractivity contribution in [2.45, 2.75) is 6.92 Å². The van der Waals surface area contributed by atoms with Crippen molar-refractivity contribution in [2.24, 2.45) is 0 Å². The smallest absolute Gasteiger partial charge is 0.441 e. The first-order valence-corrected chi connectivity index (χ1v) is 6.73. The van der Waals surface area contributed by atoms with Crippen LogP contribution in [-0.4, -0.2) is 23.1 Å². The summed E-state index contributed by atoms with van der Waals surface area (Å²) in [6, 6.07) is 8.89. The van der Waals surface area contributed by atoms with Gasteiger partial charge in [0.1, 0.15) is 5.76 Å². The normalized spacial score (nSPS) is 9.91. The van der Waals surface area contributed by atoms with Crippen LogP contribution in [0.25, 0.3) is 16.9 Å². The van der Waals surface area contributed by atoms with Crippen molar-refractivity contribution in [1.82, 2.24) is 0 Å². The average Bonchev–Trinajstić information content (AvgIpc) is 2.48. The Bertz CT molecular complexity index is 805. The third kappa shape index (κ3) is 3.49. The molecule has 0 bridgehead atoms. The van der Waals surface area contributed by atoms with Crippen LogP contribution in [0.4, 0.5) is 0 Å². The number of rotatable bonds is 4. The van der Waals surface area contributed by atoms with Crippen molar-refractivity contribution in [3.63, 3.8) is 0 Å². The summed E-state index contributed by atoms with van der Waals surface area (Å²) in [5, 5.41) is 0.534. The van der Waals surface area contributed by atoms with Gasteiger partial charge in [0.15, 0.2) is 5.43 Å². The van der Waals surface area contributed by atoms with Gasteiger partial charge in [-0.1, -0.05) is 11.6 Å². The predicted octanol–water partition coefficient (Wildman–Crippen LogP) is 2.54. The van der Waals surface area contributed by atoms with Crippen LogP contribution in [0, 0.1) is 0 Å². The van der Waals surface area contributed by atoms with E-state index in [4.69, 9.17) is 26.3 Å². The highest BCUT2D eigenvalue weighted by molar-refractivity contribution is 6.39. The number of hydrogen-bond acceptors (Lipinski definition) is 4. The third-order valence-corrected chi connectivity index (χ3v) is 2.95. The fourth-order valence-electron chi connectivity index (χ4n) is 1.74. The second kappa shape index (κ2) is 6.85. The molecule has 2 aromatic rings. The van der Waals surface area contributed by atoms with Crippen LogP contribution >= 0.6 is 11.6 Å². The highest BCUT2D eigenvalue weighted by Crippen LogP contribution is 2.21. The number of carbonyl (C=O) groups excluding carboxylic acids is 1. The van der Waals surface area contributed by atoms with Gasteiger partial charge in [-0.05, 0) is 31.2 Å². The summed E-state index contributed by atoms with van der Waals surface area (Å²) in [7, 11) is 0. The van der Waals surface area contributed by atoms with E-state index in [0.29, 0.717) is 10.6 Å². The van der Waals surface area contributed by atoms with E-state index in [0.717, 1.165) is 6.07 Å². The van der Waals surface area contributed by atoms with E-state index in [1.54, 1.807) is 31.2 Å². The molecular formula is C15H11ClN2O4. The van der Waals surface area contributed by atoms with E-state index in [1.165, 1.54) is 6.07 Å². The van der Waals surface area contributed by atoms with Crippen molar-refractivity contribution in [3.8, 4) is 11.3 Å². The Labute approximate surface area is 130 Å². The van der Waals surface area contributed by atoms with Crippen LogP contribution in [0.15, 0.2) is 45.6 Å². The molecule has 1 aromatic carbocycles. The van der Waals surface area contributed by atoms with Gasteiger partial charge in [0.25, 0.3) is 0 Å². The highest BCUT2D eigenvalue weighted by atomic mass is 35.5. The Balaban J connectivity index is 2.51. The molecule has 0 aliphatic heterocycles. The van der Waals surface area contributed by atoms with E-state index >= 15 is 0 Å². The minimum absolute atomic E-state index is 0.0962. The molecule has 0 aliphatic rings. The summed E-state index contributed by atoms with van der Waals surface area (Å²) in [5.74, 6) is -0.857. The fraction of sp³-hybridized carbons (Fsp3) is 0.133. The zero-order valence-electron chi connectivity index (χ0n) is 11.6. The number of nitrogens with zero attached hydrogens (tertiary/aromatic N) is 2. The molecule has 7 heteroatoms. The number of ether oxygens (including phenoxy) is 1. The standard InChI is InChI=1S/C15H11ClN2O4/c1-2-21-15(20)14(18-17)13-8-11(19)7-12(22-13)9-3-5-10(16)6-4-9/h3-8H,2H2,1H3. The van der Waals surface area contributed by atoms with Gasteiger partial charge in [-0.3, -0.25) is 4.79 Å². The number of carbonyl (C=O) groups is 1. The Morgan fingerprint density at radius 3 is 2.59 bits per heavy atom. The maximum absolute atomic E-state index is 11.8. The van der Waals surface area contributed by atoms with Crippen molar-refractivity contribution >= 4 is 23.3 Å². The molecule has 0 N–H and O–H groups in total. The summed E-state index contributed by atoms with van der Waals surface area (Å²) in [4.78, 5) is 26.3. The van der Waals surface area contributed by atoms with E-state index < -0.39 is 17.1 Å². The third-order valence-electron chi connectivity index (χ3n) is 2.70. The van der Waals surface area contributed by atoms with Gasteiger partial charge in [0.05, 0.1) is 6.61 Å². The van der Waals surface area contributed by atoms with Gasteiger partial charge >= 0.3 is 11.7 Å². The van der Waals surface area contributed by atoms with Crippen molar-refractivity contribution in [2.75, 3.05) is 6.61 Å². The SMILES string of the molecule is CCOC(=O)C(=[N+]=[N-])c1cc(=O)cc(-c2ccc(Cl)cc2)o1. The molecule has 0 aliphatic carbocycles. The van der Waals surface area contributed by atoms with Gasteiger partial charge in [-0.15, -0.1) is 0 Å². The van der Waals surface area contributed by atoms with Crippen LogP contribution < -0.4 is 5.43 Å². The van der Waals surface area contributed by atoms with Crippen LogP contribution in [0.2, 0.25) is 5.02 Å². The minimum Gasteiger partial charge on any atom is -0.457 e. The highest BCUT2D eigenvalue weighted by Gasteiger charge is 2.28. The quantitative estimate of drug-likeness (QED) is 0.375. The lowest BCUT2D eigenvalue weighted by Crippen LogP contribution is -2.21. The second-order valence-corrected chi connectivity index (χ2v) is 4.63. The van der Waals surface area contributed by atoms with Crippen LogP contribution in [0.5, 0.6) is 0 Å². The Kier molecular flexibility index (Phi) is 4.88. The van der Waals surface area contributed by atoms with Crippen LogP contribution in [0.1, 0.15) is 12.7 Å². The van der Waals surface area contributed by atoms with Crippen molar-refractivity contribution in [1.29, 1.82) is 0 Å². The molecule has 22 heavy (non-hydrogen) atoms. The molecule has 6 nitrogen and oxygen atoms in total. The van der Waals surface area contributed by atoms with Crippen molar-refractivity contribution < 1.29 is 18.7 Å². The topological polar surface area (TPSA) is 92.9 Å². The first kappa shape index (κ1) is 15.7. The average molecular weight is 319 g/mol. The summed E-state index contributed by atoms with van der Waals surface area (Å²) in [6.07, 6.45) is 0. The van der Waals surface area contributed by atoms with E-state index in [9.17, 15) is 9.59 Å².